The Morgan fingerprint density at radius 3 is 2.78 bits per heavy atom. The van der Waals surface area contributed by atoms with Crippen LogP contribution in [0.3, 0.4) is 0 Å². The number of fused-ring (bicyclic) bond motifs is 4. The largest absolute Gasteiger partial charge is 0.488 e. The zero-order valence-electron chi connectivity index (χ0n) is 14.6. The summed E-state index contributed by atoms with van der Waals surface area (Å²) >= 11 is 0. The average Bonchev–Trinajstić information content (AvgIpc) is 3.04. The van der Waals surface area contributed by atoms with E-state index in [0.29, 0.717) is 11.5 Å². The predicted octanol–water partition coefficient (Wildman–Crippen LogP) is 3.59. The fourth-order valence-corrected chi connectivity index (χ4v) is 5.06. The lowest BCUT2D eigenvalue weighted by Crippen LogP contribution is -2.39. The molecule has 0 saturated carbocycles. The SMILES string of the molecule is O=S(=O)(O)c1ccc2ccccc2c1-c1ccc2c(c1)OC1CNCCC21. The van der Waals surface area contributed by atoms with E-state index >= 15 is 0 Å². The summed E-state index contributed by atoms with van der Waals surface area (Å²) in [6.45, 7) is 1.79. The van der Waals surface area contributed by atoms with Gasteiger partial charge in [0, 0.05) is 23.6 Å². The molecule has 2 N–H and O–H groups in total. The average molecular weight is 381 g/mol. The number of hydrogen-bond donors (Lipinski definition) is 2. The van der Waals surface area contributed by atoms with E-state index in [2.05, 4.69) is 5.32 Å². The van der Waals surface area contributed by atoms with E-state index in [1.165, 1.54) is 11.6 Å². The molecule has 1 fully saturated rings. The van der Waals surface area contributed by atoms with E-state index in [1.807, 2.05) is 42.5 Å². The minimum absolute atomic E-state index is 0.0850. The van der Waals surface area contributed by atoms with E-state index in [0.717, 1.165) is 41.6 Å². The molecular weight excluding hydrogens is 362 g/mol. The van der Waals surface area contributed by atoms with Crippen molar-refractivity contribution in [1.82, 2.24) is 5.32 Å². The van der Waals surface area contributed by atoms with E-state index in [-0.39, 0.29) is 11.0 Å². The number of hydrogen-bond acceptors (Lipinski definition) is 4. The molecule has 5 nitrogen and oxygen atoms in total. The topological polar surface area (TPSA) is 75.6 Å². The zero-order chi connectivity index (χ0) is 18.6. The van der Waals surface area contributed by atoms with Crippen LogP contribution in [0.4, 0.5) is 0 Å². The first-order valence-corrected chi connectivity index (χ1v) is 10.5. The molecule has 0 radical (unpaired) electrons. The van der Waals surface area contributed by atoms with Crippen LogP contribution >= 0.6 is 0 Å². The van der Waals surface area contributed by atoms with Crippen LogP contribution in [0.1, 0.15) is 17.9 Å². The number of piperidine rings is 1. The number of benzene rings is 3. The van der Waals surface area contributed by atoms with Gasteiger partial charge >= 0.3 is 0 Å². The van der Waals surface area contributed by atoms with Gasteiger partial charge in [0.15, 0.2) is 0 Å². The lowest BCUT2D eigenvalue weighted by Gasteiger charge is -2.24. The highest BCUT2D eigenvalue weighted by atomic mass is 32.2. The van der Waals surface area contributed by atoms with Gasteiger partial charge in [-0.1, -0.05) is 42.5 Å². The van der Waals surface area contributed by atoms with Gasteiger partial charge in [-0.05, 0) is 41.4 Å². The van der Waals surface area contributed by atoms with Gasteiger partial charge in [0.2, 0.25) is 0 Å². The molecule has 3 aromatic carbocycles. The fourth-order valence-electron chi connectivity index (χ4n) is 4.34. The summed E-state index contributed by atoms with van der Waals surface area (Å²) < 4.78 is 40.0. The van der Waals surface area contributed by atoms with Crippen molar-refractivity contribution in [3.8, 4) is 16.9 Å². The lowest BCUT2D eigenvalue weighted by atomic mass is 9.88. The van der Waals surface area contributed by atoms with Crippen molar-refractivity contribution in [2.45, 2.75) is 23.3 Å². The molecule has 3 aromatic rings. The van der Waals surface area contributed by atoms with Gasteiger partial charge in [0.25, 0.3) is 10.1 Å². The van der Waals surface area contributed by atoms with Crippen LogP contribution in [0.5, 0.6) is 5.75 Å². The molecule has 2 aliphatic heterocycles. The van der Waals surface area contributed by atoms with Crippen molar-refractivity contribution < 1.29 is 17.7 Å². The highest BCUT2D eigenvalue weighted by Crippen LogP contribution is 2.44. The van der Waals surface area contributed by atoms with Crippen molar-refractivity contribution in [3.63, 3.8) is 0 Å². The van der Waals surface area contributed by atoms with Gasteiger partial charge in [-0.3, -0.25) is 4.55 Å². The monoisotopic (exact) mass is 381 g/mol. The highest BCUT2D eigenvalue weighted by Gasteiger charge is 2.36. The first-order valence-electron chi connectivity index (χ1n) is 9.03. The fraction of sp³-hybridized carbons (Fsp3) is 0.238. The Kier molecular flexibility index (Phi) is 3.75. The maximum absolute atomic E-state index is 12.0. The van der Waals surface area contributed by atoms with Crippen molar-refractivity contribution in [3.05, 3.63) is 60.2 Å². The minimum Gasteiger partial charge on any atom is -0.488 e. The molecule has 2 heterocycles. The summed E-state index contributed by atoms with van der Waals surface area (Å²) in [6.07, 6.45) is 1.15. The molecule has 5 rings (SSSR count). The summed E-state index contributed by atoms with van der Waals surface area (Å²) in [7, 11) is -4.36. The first-order chi connectivity index (χ1) is 13.0. The van der Waals surface area contributed by atoms with Crippen LogP contribution in [0, 0.1) is 0 Å². The third-order valence-electron chi connectivity index (χ3n) is 5.58. The summed E-state index contributed by atoms with van der Waals surface area (Å²) in [4.78, 5) is -0.0850. The number of rotatable bonds is 2. The third-order valence-corrected chi connectivity index (χ3v) is 6.47. The molecule has 6 heteroatoms. The van der Waals surface area contributed by atoms with Crippen LogP contribution < -0.4 is 10.1 Å². The molecular formula is C21H19NO4S. The Hall–Kier alpha value is -2.41. The summed E-state index contributed by atoms with van der Waals surface area (Å²) in [6, 6.07) is 16.6. The summed E-state index contributed by atoms with van der Waals surface area (Å²) in [5.74, 6) is 1.18. The molecule has 1 saturated heterocycles. The van der Waals surface area contributed by atoms with Crippen molar-refractivity contribution in [1.29, 1.82) is 0 Å². The molecule has 0 aromatic heterocycles. The molecule has 0 spiro atoms. The molecule has 0 bridgehead atoms. The molecule has 0 amide bonds. The summed E-state index contributed by atoms with van der Waals surface area (Å²) in [5.41, 5.74) is 2.42. The smallest absolute Gasteiger partial charge is 0.295 e. The second kappa shape index (κ2) is 6.05. The van der Waals surface area contributed by atoms with E-state index in [9.17, 15) is 13.0 Å². The standard InChI is InChI=1S/C21H19NO4S/c23-27(24,25)20-8-6-13-3-1-2-4-15(13)21(20)14-5-7-16-17-9-10-22-12-19(17)26-18(16)11-14/h1-8,11,17,19,22H,9-10,12H2,(H,23,24,25). The van der Waals surface area contributed by atoms with Gasteiger partial charge in [0.1, 0.15) is 16.7 Å². The zero-order valence-corrected chi connectivity index (χ0v) is 15.4. The first kappa shape index (κ1) is 16.7. The van der Waals surface area contributed by atoms with Crippen LogP contribution in [-0.4, -0.2) is 32.2 Å². The van der Waals surface area contributed by atoms with Crippen molar-refractivity contribution in [2.24, 2.45) is 0 Å². The minimum atomic E-state index is -4.36. The Morgan fingerprint density at radius 2 is 1.93 bits per heavy atom. The Morgan fingerprint density at radius 1 is 1.07 bits per heavy atom. The van der Waals surface area contributed by atoms with Crippen LogP contribution in [0.25, 0.3) is 21.9 Å². The molecule has 138 valence electrons. The van der Waals surface area contributed by atoms with Crippen molar-refractivity contribution >= 4 is 20.9 Å². The van der Waals surface area contributed by atoms with Gasteiger partial charge in [-0.25, -0.2) is 0 Å². The predicted molar refractivity (Wildman–Crippen MR) is 104 cm³/mol. The Balaban J connectivity index is 1.73. The number of ether oxygens (including phenoxy) is 1. The van der Waals surface area contributed by atoms with Gasteiger partial charge in [-0.15, -0.1) is 0 Å². The molecule has 2 atom stereocenters. The van der Waals surface area contributed by atoms with E-state index < -0.39 is 10.1 Å². The van der Waals surface area contributed by atoms with Crippen molar-refractivity contribution in [2.75, 3.05) is 13.1 Å². The molecule has 27 heavy (non-hydrogen) atoms. The second-order valence-corrected chi connectivity index (χ2v) is 8.53. The maximum atomic E-state index is 12.0. The molecule has 2 aliphatic rings. The van der Waals surface area contributed by atoms with Crippen LogP contribution in [0.15, 0.2) is 59.5 Å². The highest BCUT2D eigenvalue weighted by molar-refractivity contribution is 7.86. The van der Waals surface area contributed by atoms with E-state index in [1.54, 1.807) is 6.07 Å². The Bertz CT molecular complexity index is 1160. The van der Waals surface area contributed by atoms with Gasteiger partial charge in [0.05, 0.1) is 0 Å². The summed E-state index contributed by atoms with van der Waals surface area (Å²) in [5, 5.41) is 5.05. The molecule has 0 aliphatic carbocycles. The number of nitrogens with one attached hydrogen (secondary N) is 1. The molecule has 2 unspecified atom stereocenters. The second-order valence-electron chi connectivity index (χ2n) is 7.14. The van der Waals surface area contributed by atoms with Gasteiger partial charge in [-0.2, -0.15) is 8.42 Å². The lowest BCUT2D eigenvalue weighted by molar-refractivity contribution is 0.177. The van der Waals surface area contributed by atoms with Gasteiger partial charge < -0.3 is 10.1 Å². The quantitative estimate of drug-likeness (QED) is 0.664. The van der Waals surface area contributed by atoms with Crippen LogP contribution in [0.2, 0.25) is 0 Å². The maximum Gasteiger partial charge on any atom is 0.295 e. The third kappa shape index (κ3) is 2.72. The Labute approximate surface area is 157 Å². The normalized spacial score (nSPS) is 21.5. The van der Waals surface area contributed by atoms with Crippen LogP contribution in [-0.2, 0) is 10.1 Å². The van der Waals surface area contributed by atoms with E-state index in [4.69, 9.17) is 4.74 Å².